The first kappa shape index (κ1) is 12.8. The number of fused-ring (bicyclic) bond motifs is 1. The molecule has 0 saturated carbocycles. The molecule has 0 bridgehead atoms. The van der Waals surface area contributed by atoms with E-state index in [-0.39, 0.29) is 17.7 Å². The molecule has 2 unspecified atom stereocenters. The van der Waals surface area contributed by atoms with Crippen LogP contribution >= 0.6 is 11.8 Å². The summed E-state index contributed by atoms with van der Waals surface area (Å²) in [4.78, 5) is 0. The molecular formula is C13H17F2NS. The van der Waals surface area contributed by atoms with Crippen LogP contribution in [0.4, 0.5) is 8.78 Å². The van der Waals surface area contributed by atoms with Crippen LogP contribution in [-0.2, 0) is 5.75 Å². The van der Waals surface area contributed by atoms with E-state index in [1.54, 1.807) is 11.8 Å². The van der Waals surface area contributed by atoms with Gasteiger partial charge in [0.1, 0.15) is 11.6 Å². The highest BCUT2D eigenvalue weighted by atomic mass is 32.2. The summed E-state index contributed by atoms with van der Waals surface area (Å²) in [6.45, 7) is 4.84. The van der Waals surface area contributed by atoms with Crippen LogP contribution in [0.5, 0.6) is 0 Å². The van der Waals surface area contributed by atoms with Crippen molar-refractivity contribution in [2.75, 3.05) is 6.54 Å². The lowest BCUT2D eigenvalue weighted by molar-refractivity contribution is 0.473. The minimum Gasteiger partial charge on any atom is -0.309 e. The lowest BCUT2D eigenvalue weighted by atomic mass is 9.95. The summed E-state index contributed by atoms with van der Waals surface area (Å²) in [6.07, 6.45) is 0.956. The average Bonchev–Trinajstić information content (AvgIpc) is 2.34. The third-order valence-electron chi connectivity index (χ3n) is 3.20. The van der Waals surface area contributed by atoms with Crippen molar-refractivity contribution < 1.29 is 8.78 Å². The zero-order valence-corrected chi connectivity index (χ0v) is 10.9. The third kappa shape index (κ3) is 2.33. The van der Waals surface area contributed by atoms with Gasteiger partial charge in [0.05, 0.1) is 0 Å². The van der Waals surface area contributed by atoms with Crippen LogP contribution in [0.3, 0.4) is 0 Å². The Hall–Kier alpha value is -0.610. The molecule has 0 amide bonds. The van der Waals surface area contributed by atoms with Gasteiger partial charge in [0.15, 0.2) is 0 Å². The van der Waals surface area contributed by atoms with Gasteiger partial charge in [-0.05, 0) is 25.1 Å². The largest absolute Gasteiger partial charge is 0.309 e. The predicted octanol–water partition coefficient (Wildman–Crippen LogP) is 3.64. The topological polar surface area (TPSA) is 12.0 Å². The van der Waals surface area contributed by atoms with Gasteiger partial charge >= 0.3 is 0 Å². The highest BCUT2D eigenvalue weighted by Crippen LogP contribution is 2.41. The maximum Gasteiger partial charge on any atom is 0.128 e. The second-order valence-electron chi connectivity index (χ2n) is 4.21. The molecule has 0 fully saturated rings. The fourth-order valence-electron chi connectivity index (χ4n) is 2.37. The molecule has 17 heavy (non-hydrogen) atoms. The smallest absolute Gasteiger partial charge is 0.128 e. The van der Waals surface area contributed by atoms with Gasteiger partial charge in [-0.1, -0.05) is 13.8 Å². The number of nitrogens with one attached hydrogen (secondary N) is 1. The molecule has 1 nitrogen and oxygen atoms in total. The number of hydrogen-bond donors (Lipinski definition) is 1. The van der Waals surface area contributed by atoms with Crippen LogP contribution in [0.25, 0.3) is 0 Å². The zero-order chi connectivity index (χ0) is 12.4. The van der Waals surface area contributed by atoms with E-state index in [1.165, 1.54) is 12.1 Å². The van der Waals surface area contributed by atoms with E-state index in [0.717, 1.165) is 13.0 Å². The maximum atomic E-state index is 13.9. The zero-order valence-electron chi connectivity index (χ0n) is 10.1. The van der Waals surface area contributed by atoms with Crippen molar-refractivity contribution in [3.63, 3.8) is 0 Å². The Labute approximate surface area is 105 Å². The van der Waals surface area contributed by atoms with Crippen molar-refractivity contribution in [1.29, 1.82) is 0 Å². The summed E-state index contributed by atoms with van der Waals surface area (Å²) in [5.41, 5.74) is 1.07. The van der Waals surface area contributed by atoms with E-state index in [1.807, 2.05) is 6.92 Å². The molecule has 1 aromatic rings. The Morgan fingerprint density at radius 2 is 2.00 bits per heavy atom. The average molecular weight is 257 g/mol. The minimum absolute atomic E-state index is 0.0746. The first-order valence-electron chi connectivity index (χ1n) is 6.00. The molecule has 0 aliphatic carbocycles. The number of thioether (sulfide) groups is 1. The van der Waals surface area contributed by atoms with Gasteiger partial charge in [-0.3, -0.25) is 0 Å². The molecule has 0 radical (unpaired) electrons. The van der Waals surface area contributed by atoms with Crippen LogP contribution in [-0.4, -0.2) is 11.8 Å². The molecule has 1 heterocycles. The van der Waals surface area contributed by atoms with Crippen LogP contribution in [0.15, 0.2) is 12.1 Å². The summed E-state index contributed by atoms with van der Waals surface area (Å²) < 4.78 is 27.6. The molecule has 1 aromatic carbocycles. The van der Waals surface area contributed by atoms with Crippen LogP contribution in [0, 0.1) is 11.6 Å². The fourth-order valence-corrected chi connectivity index (χ4v) is 3.71. The molecule has 2 atom stereocenters. The fraction of sp³-hybridized carbons (Fsp3) is 0.538. The van der Waals surface area contributed by atoms with Gasteiger partial charge in [0.25, 0.3) is 0 Å². The van der Waals surface area contributed by atoms with Gasteiger partial charge in [-0.2, -0.15) is 11.8 Å². The van der Waals surface area contributed by atoms with E-state index >= 15 is 0 Å². The van der Waals surface area contributed by atoms with Crippen LogP contribution in [0.1, 0.15) is 37.4 Å². The Kier molecular flexibility index (Phi) is 4.05. The Morgan fingerprint density at radius 1 is 1.29 bits per heavy atom. The van der Waals surface area contributed by atoms with Crippen molar-refractivity contribution in [2.24, 2.45) is 0 Å². The van der Waals surface area contributed by atoms with Gasteiger partial charge in [0, 0.05) is 28.2 Å². The predicted molar refractivity (Wildman–Crippen MR) is 68.1 cm³/mol. The maximum absolute atomic E-state index is 13.9. The Balaban J connectivity index is 2.47. The summed E-state index contributed by atoms with van der Waals surface area (Å²) >= 11 is 1.71. The van der Waals surface area contributed by atoms with Gasteiger partial charge in [0.2, 0.25) is 0 Å². The molecule has 0 saturated heterocycles. The number of benzene rings is 1. The number of hydrogen-bond acceptors (Lipinski definition) is 2. The Morgan fingerprint density at radius 3 is 2.65 bits per heavy atom. The molecule has 0 spiro atoms. The standard InChI is InChI=1S/C13H17F2NS/c1-3-11-13(16-4-2)12-8(7-17-11)9(14)5-6-10(12)15/h5-6,11,13,16H,3-4,7H2,1-2H3. The highest BCUT2D eigenvalue weighted by molar-refractivity contribution is 7.99. The van der Waals surface area contributed by atoms with E-state index in [9.17, 15) is 8.78 Å². The van der Waals surface area contributed by atoms with Crippen molar-refractivity contribution in [3.8, 4) is 0 Å². The minimum atomic E-state index is -0.286. The van der Waals surface area contributed by atoms with Crippen molar-refractivity contribution in [3.05, 3.63) is 34.9 Å². The van der Waals surface area contributed by atoms with Crippen molar-refractivity contribution in [1.82, 2.24) is 5.32 Å². The van der Waals surface area contributed by atoms with Crippen LogP contribution in [0.2, 0.25) is 0 Å². The molecule has 4 heteroatoms. The quantitative estimate of drug-likeness (QED) is 0.887. The first-order valence-corrected chi connectivity index (χ1v) is 7.05. The second-order valence-corrected chi connectivity index (χ2v) is 5.44. The van der Waals surface area contributed by atoms with Crippen molar-refractivity contribution >= 4 is 11.8 Å². The van der Waals surface area contributed by atoms with Gasteiger partial charge < -0.3 is 5.32 Å². The molecule has 94 valence electrons. The van der Waals surface area contributed by atoms with Gasteiger partial charge in [-0.15, -0.1) is 0 Å². The Bertz CT molecular complexity index is 409. The molecule has 1 N–H and O–H groups in total. The molecule has 2 rings (SSSR count). The SMILES string of the molecule is CCNC1c2c(F)ccc(F)c2CSC1CC. The molecule has 1 aliphatic rings. The molecule has 0 aromatic heterocycles. The van der Waals surface area contributed by atoms with E-state index in [0.29, 0.717) is 22.1 Å². The van der Waals surface area contributed by atoms with E-state index in [2.05, 4.69) is 12.2 Å². The van der Waals surface area contributed by atoms with Crippen molar-refractivity contribution in [2.45, 2.75) is 37.3 Å². The lowest BCUT2D eigenvalue weighted by Gasteiger charge is -2.33. The monoisotopic (exact) mass is 257 g/mol. The third-order valence-corrected chi connectivity index (χ3v) is 4.69. The molecular weight excluding hydrogens is 240 g/mol. The summed E-state index contributed by atoms with van der Waals surface area (Å²) in [5.74, 6) is -0.00302. The lowest BCUT2D eigenvalue weighted by Crippen LogP contribution is -2.34. The molecule has 1 aliphatic heterocycles. The normalized spacial score (nSPS) is 23.5. The summed E-state index contributed by atoms with van der Waals surface area (Å²) in [6, 6.07) is 2.39. The van der Waals surface area contributed by atoms with Gasteiger partial charge in [-0.25, -0.2) is 8.78 Å². The first-order chi connectivity index (χ1) is 8.19. The van der Waals surface area contributed by atoms with Crippen LogP contribution < -0.4 is 5.32 Å². The second kappa shape index (κ2) is 5.36. The summed E-state index contributed by atoms with van der Waals surface area (Å²) in [5, 5.41) is 3.60. The summed E-state index contributed by atoms with van der Waals surface area (Å²) in [7, 11) is 0. The number of rotatable bonds is 3. The highest BCUT2D eigenvalue weighted by Gasteiger charge is 2.32. The number of halogens is 2. The van der Waals surface area contributed by atoms with E-state index in [4.69, 9.17) is 0 Å². The van der Waals surface area contributed by atoms with E-state index < -0.39 is 0 Å².